The van der Waals surface area contributed by atoms with E-state index in [0.29, 0.717) is 0 Å². The van der Waals surface area contributed by atoms with Crippen LogP contribution in [0.1, 0.15) is 17.3 Å². The first kappa shape index (κ1) is 14.4. The summed E-state index contributed by atoms with van der Waals surface area (Å²) in [5, 5.41) is 0. The number of rotatable bonds is 5. The summed E-state index contributed by atoms with van der Waals surface area (Å²) in [7, 11) is -4.54. The zero-order valence-electron chi connectivity index (χ0n) is 9.71. The predicted molar refractivity (Wildman–Crippen MR) is 65.1 cm³/mol. The Hall–Kier alpha value is -1.70. The Bertz CT molecular complexity index is 591. The van der Waals surface area contributed by atoms with E-state index < -0.39 is 20.8 Å². The van der Waals surface area contributed by atoms with Crippen LogP contribution in [0.5, 0.6) is 5.75 Å². The van der Waals surface area contributed by atoms with E-state index in [2.05, 4.69) is 6.58 Å². The molecular formula is C11H13NO5S. The number of carbonyl (C=O) groups is 1. The van der Waals surface area contributed by atoms with Crippen molar-refractivity contribution in [3.8, 4) is 5.75 Å². The lowest BCUT2D eigenvalue weighted by Crippen LogP contribution is -2.11. The molecule has 0 unspecified atom stereocenters. The van der Waals surface area contributed by atoms with Crippen LogP contribution in [0.15, 0.2) is 35.2 Å². The Labute approximate surface area is 105 Å². The number of benzene rings is 1. The number of allylic oxidation sites excluding steroid dienone is 1. The molecule has 1 aromatic carbocycles. The second kappa shape index (κ2) is 5.30. The third kappa shape index (κ3) is 3.16. The van der Waals surface area contributed by atoms with Crippen LogP contribution in [-0.4, -0.2) is 25.5 Å². The molecule has 0 fully saturated rings. The normalized spacial score (nSPS) is 11.1. The van der Waals surface area contributed by atoms with Crippen molar-refractivity contribution in [3.63, 3.8) is 0 Å². The van der Waals surface area contributed by atoms with Gasteiger partial charge in [-0.25, -0.2) is 0 Å². The first-order valence-corrected chi connectivity index (χ1v) is 6.36. The highest BCUT2D eigenvalue weighted by atomic mass is 32.2. The van der Waals surface area contributed by atoms with Gasteiger partial charge in [0, 0.05) is 11.6 Å². The van der Waals surface area contributed by atoms with Crippen molar-refractivity contribution >= 4 is 15.9 Å². The summed E-state index contributed by atoms with van der Waals surface area (Å²) in [5.74, 6) is -0.426. The molecule has 98 valence electrons. The standard InChI is InChI=1S/C11H13NO5S/c1-7(2)11(13)9-4-3-8(17-6-12)5-10(9)18(14,15)16/h3-5H,1,6,12H2,2H3,(H,14,15,16). The van der Waals surface area contributed by atoms with Gasteiger partial charge in [-0.3, -0.25) is 15.1 Å². The van der Waals surface area contributed by atoms with Crippen LogP contribution in [0, 0.1) is 0 Å². The van der Waals surface area contributed by atoms with Crippen LogP contribution < -0.4 is 10.5 Å². The van der Waals surface area contributed by atoms with Gasteiger partial charge in [0.15, 0.2) is 5.78 Å². The van der Waals surface area contributed by atoms with Crippen molar-refractivity contribution < 1.29 is 22.5 Å². The third-order valence-electron chi connectivity index (χ3n) is 2.11. The molecule has 7 heteroatoms. The van der Waals surface area contributed by atoms with Gasteiger partial charge < -0.3 is 4.74 Å². The van der Waals surface area contributed by atoms with E-state index in [1.165, 1.54) is 19.1 Å². The average molecular weight is 271 g/mol. The van der Waals surface area contributed by atoms with Crippen molar-refractivity contribution in [2.24, 2.45) is 5.73 Å². The maximum absolute atomic E-state index is 11.7. The van der Waals surface area contributed by atoms with Crippen molar-refractivity contribution in [1.82, 2.24) is 0 Å². The van der Waals surface area contributed by atoms with E-state index in [-0.39, 0.29) is 23.6 Å². The molecule has 1 rings (SSSR count). The van der Waals surface area contributed by atoms with E-state index in [1.807, 2.05) is 0 Å². The second-order valence-corrected chi connectivity index (χ2v) is 4.94. The average Bonchev–Trinajstić information content (AvgIpc) is 2.27. The number of ketones is 1. The van der Waals surface area contributed by atoms with Crippen molar-refractivity contribution in [1.29, 1.82) is 0 Å². The molecule has 0 aliphatic carbocycles. The summed E-state index contributed by atoms with van der Waals surface area (Å²) < 4.78 is 36.5. The van der Waals surface area contributed by atoms with Crippen LogP contribution in [-0.2, 0) is 10.1 Å². The molecule has 6 nitrogen and oxygen atoms in total. The highest BCUT2D eigenvalue weighted by Crippen LogP contribution is 2.24. The Kier molecular flexibility index (Phi) is 4.23. The number of ether oxygens (including phenoxy) is 1. The summed E-state index contributed by atoms with van der Waals surface area (Å²) in [6.07, 6.45) is 0. The van der Waals surface area contributed by atoms with E-state index in [1.54, 1.807) is 0 Å². The van der Waals surface area contributed by atoms with Crippen molar-refractivity contribution in [2.45, 2.75) is 11.8 Å². The molecule has 0 saturated heterocycles. The Morgan fingerprint density at radius 3 is 2.56 bits per heavy atom. The van der Waals surface area contributed by atoms with Crippen LogP contribution >= 0.6 is 0 Å². The lowest BCUT2D eigenvalue weighted by molar-refractivity contribution is 0.103. The maximum atomic E-state index is 11.7. The van der Waals surface area contributed by atoms with E-state index in [0.717, 1.165) is 6.07 Å². The molecule has 3 N–H and O–H groups in total. The molecule has 0 aromatic heterocycles. The minimum Gasteiger partial charge on any atom is -0.479 e. The monoisotopic (exact) mass is 271 g/mol. The Morgan fingerprint density at radius 1 is 1.50 bits per heavy atom. The number of Topliss-reactive ketones (excluding diaryl/α,β-unsaturated/α-hetero) is 1. The van der Waals surface area contributed by atoms with Gasteiger partial charge in [-0.1, -0.05) is 6.58 Å². The molecule has 0 heterocycles. The molecule has 0 atom stereocenters. The molecule has 0 saturated carbocycles. The fourth-order valence-electron chi connectivity index (χ4n) is 1.32. The fourth-order valence-corrected chi connectivity index (χ4v) is 2.02. The minimum atomic E-state index is -4.54. The number of hydrogen-bond acceptors (Lipinski definition) is 5. The van der Waals surface area contributed by atoms with Crippen molar-refractivity contribution in [3.05, 3.63) is 35.9 Å². The number of nitrogens with two attached hydrogens (primary N) is 1. The van der Waals surface area contributed by atoms with Gasteiger partial charge in [0.25, 0.3) is 10.1 Å². The summed E-state index contributed by atoms with van der Waals surface area (Å²) in [6, 6.07) is 3.67. The zero-order valence-corrected chi connectivity index (χ0v) is 10.5. The van der Waals surface area contributed by atoms with Gasteiger partial charge in [0.1, 0.15) is 17.4 Å². The summed E-state index contributed by atoms with van der Waals surface area (Å²) >= 11 is 0. The van der Waals surface area contributed by atoms with Crippen molar-refractivity contribution in [2.75, 3.05) is 6.73 Å². The van der Waals surface area contributed by atoms with Gasteiger partial charge in [0.2, 0.25) is 0 Å². The molecule has 0 aliphatic heterocycles. The van der Waals surface area contributed by atoms with Gasteiger partial charge in [-0.15, -0.1) is 0 Å². The molecule has 0 bridgehead atoms. The van der Waals surface area contributed by atoms with Gasteiger partial charge >= 0.3 is 0 Å². The molecule has 18 heavy (non-hydrogen) atoms. The SMILES string of the molecule is C=C(C)C(=O)c1ccc(OCN)cc1S(=O)(=O)O. The maximum Gasteiger partial charge on any atom is 0.295 e. The van der Waals surface area contributed by atoms with Gasteiger partial charge in [-0.05, 0) is 24.6 Å². The quantitative estimate of drug-likeness (QED) is 0.358. The van der Waals surface area contributed by atoms with Crippen LogP contribution in [0.3, 0.4) is 0 Å². The lowest BCUT2D eigenvalue weighted by Gasteiger charge is -2.09. The van der Waals surface area contributed by atoms with Crippen LogP contribution in [0.2, 0.25) is 0 Å². The molecule has 0 amide bonds. The first-order chi connectivity index (χ1) is 8.27. The zero-order chi connectivity index (χ0) is 13.9. The Morgan fingerprint density at radius 2 is 2.11 bits per heavy atom. The summed E-state index contributed by atoms with van der Waals surface area (Å²) in [6.45, 7) is 4.73. The Balaban J connectivity index is 3.44. The number of carbonyl (C=O) groups excluding carboxylic acids is 1. The van der Waals surface area contributed by atoms with Crippen LogP contribution in [0.25, 0.3) is 0 Å². The van der Waals surface area contributed by atoms with E-state index >= 15 is 0 Å². The highest BCUT2D eigenvalue weighted by Gasteiger charge is 2.21. The highest BCUT2D eigenvalue weighted by molar-refractivity contribution is 7.86. The molecular weight excluding hydrogens is 258 g/mol. The van der Waals surface area contributed by atoms with Crippen LogP contribution in [0.4, 0.5) is 0 Å². The molecule has 1 aromatic rings. The predicted octanol–water partition coefficient (Wildman–Crippen LogP) is 0.987. The largest absolute Gasteiger partial charge is 0.479 e. The van der Waals surface area contributed by atoms with E-state index in [9.17, 15) is 13.2 Å². The second-order valence-electron chi connectivity index (χ2n) is 3.55. The molecule has 0 spiro atoms. The van der Waals surface area contributed by atoms with Gasteiger partial charge in [-0.2, -0.15) is 8.42 Å². The smallest absolute Gasteiger partial charge is 0.295 e. The van der Waals surface area contributed by atoms with E-state index in [4.69, 9.17) is 15.0 Å². The first-order valence-electron chi connectivity index (χ1n) is 4.92. The fraction of sp³-hybridized carbons (Fsp3) is 0.182. The molecule has 0 aliphatic rings. The summed E-state index contributed by atoms with van der Waals surface area (Å²) in [5.41, 5.74) is 5.15. The lowest BCUT2D eigenvalue weighted by atomic mass is 10.1. The third-order valence-corrected chi connectivity index (χ3v) is 3.01. The molecule has 0 radical (unpaired) electrons. The topological polar surface area (TPSA) is 107 Å². The number of hydrogen-bond donors (Lipinski definition) is 2. The van der Waals surface area contributed by atoms with Gasteiger partial charge in [0.05, 0.1) is 0 Å². The summed E-state index contributed by atoms with van der Waals surface area (Å²) in [4.78, 5) is 11.2. The minimum absolute atomic E-state index is 0.142.